The Morgan fingerprint density at radius 2 is 2.17 bits per heavy atom. The van der Waals surface area contributed by atoms with Gasteiger partial charge in [-0.25, -0.2) is 0 Å². The maximum Gasteiger partial charge on any atom is 0.305 e. The SMILES string of the molecule is O=C(O)CC1CCC2O[C@H]3CC2(O1)[C@H]1OC1[C@H]3O. The molecule has 0 amide bonds. The largest absolute Gasteiger partial charge is 0.481 e. The highest BCUT2D eigenvalue weighted by molar-refractivity contribution is 5.67. The Balaban J connectivity index is 1.59. The van der Waals surface area contributed by atoms with E-state index < -0.39 is 17.7 Å². The molecule has 7 atom stereocenters. The Hall–Kier alpha value is -0.690. The zero-order valence-corrected chi connectivity index (χ0v) is 9.82. The molecule has 1 spiro atoms. The number of hydrogen-bond donors (Lipinski definition) is 2. The minimum absolute atomic E-state index is 0.0269. The van der Waals surface area contributed by atoms with Gasteiger partial charge >= 0.3 is 5.97 Å². The lowest BCUT2D eigenvalue weighted by Gasteiger charge is -2.41. The molecule has 6 nitrogen and oxygen atoms in total. The van der Waals surface area contributed by atoms with Crippen LogP contribution >= 0.6 is 0 Å². The Kier molecular flexibility index (Phi) is 2.14. The molecule has 3 saturated heterocycles. The fourth-order valence-electron chi connectivity index (χ4n) is 3.86. The van der Waals surface area contributed by atoms with E-state index in [1.165, 1.54) is 0 Å². The smallest absolute Gasteiger partial charge is 0.305 e. The minimum atomic E-state index is -0.838. The van der Waals surface area contributed by atoms with Gasteiger partial charge in [0.05, 0.1) is 24.7 Å². The lowest BCUT2D eigenvalue weighted by atomic mass is 9.77. The van der Waals surface area contributed by atoms with Gasteiger partial charge in [0.1, 0.15) is 23.9 Å². The van der Waals surface area contributed by atoms with Gasteiger partial charge in [0.2, 0.25) is 0 Å². The fraction of sp³-hybridized carbons (Fsp3) is 0.917. The molecule has 6 heteroatoms. The van der Waals surface area contributed by atoms with Gasteiger partial charge in [0, 0.05) is 6.42 Å². The second-order valence-electron chi connectivity index (χ2n) is 5.75. The first-order valence-corrected chi connectivity index (χ1v) is 6.49. The molecule has 1 aliphatic carbocycles. The highest BCUT2D eigenvalue weighted by Gasteiger charge is 2.73. The summed E-state index contributed by atoms with van der Waals surface area (Å²) >= 11 is 0. The summed E-state index contributed by atoms with van der Waals surface area (Å²) in [7, 11) is 0. The number of epoxide rings is 1. The fourth-order valence-corrected chi connectivity index (χ4v) is 3.86. The molecule has 3 heterocycles. The number of rotatable bonds is 2. The van der Waals surface area contributed by atoms with Gasteiger partial charge in [-0.3, -0.25) is 4.79 Å². The molecule has 0 aromatic carbocycles. The number of fused-ring (bicyclic) bond motifs is 2. The number of carboxylic acids is 1. The lowest BCUT2D eigenvalue weighted by Crippen LogP contribution is -2.55. The van der Waals surface area contributed by atoms with E-state index in [0.717, 1.165) is 6.42 Å². The molecule has 4 rings (SSSR count). The van der Waals surface area contributed by atoms with E-state index in [9.17, 15) is 9.90 Å². The minimum Gasteiger partial charge on any atom is -0.481 e. The van der Waals surface area contributed by atoms with Crippen molar-refractivity contribution in [1.29, 1.82) is 0 Å². The molecule has 4 unspecified atom stereocenters. The van der Waals surface area contributed by atoms with Gasteiger partial charge in [-0.2, -0.15) is 0 Å². The van der Waals surface area contributed by atoms with Crippen LogP contribution in [0.4, 0.5) is 0 Å². The Morgan fingerprint density at radius 3 is 2.94 bits per heavy atom. The Bertz CT molecular complexity index is 398. The third-order valence-corrected chi connectivity index (χ3v) is 4.67. The normalized spacial score (nSPS) is 56.7. The predicted molar refractivity (Wildman–Crippen MR) is 57.0 cm³/mol. The predicted octanol–water partition coefficient (Wildman–Crippen LogP) is -0.322. The highest BCUT2D eigenvalue weighted by atomic mass is 16.7. The summed E-state index contributed by atoms with van der Waals surface area (Å²) in [5.74, 6) is -0.838. The van der Waals surface area contributed by atoms with Crippen molar-refractivity contribution in [3.63, 3.8) is 0 Å². The van der Waals surface area contributed by atoms with Crippen molar-refractivity contribution in [3.8, 4) is 0 Å². The summed E-state index contributed by atoms with van der Waals surface area (Å²) in [6.45, 7) is 0. The Morgan fingerprint density at radius 1 is 1.33 bits per heavy atom. The van der Waals surface area contributed by atoms with E-state index in [1.807, 2.05) is 0 Å². The molecule has 4 aliphatic rings. The van der Waals surface area contributed by atoms with E-state index in [0.29, 0.717) is 12.8 Å². The summed E-state index contributed by atoms with van der Waals surface area (Å²) in [5, 5.41) is 18.8. The number of aliphatic hydroxyl groups is 1. The van der Waals surface area contributed by atoms with Gasteiger partial charge in [-0.1, -0.05) is 0 Å². The second-order valence-corrected chi connectivity index (χ2v) is 5.75. The third-order valence-electron chi connectivity index (χ3n) is 4.67. The van der Waals surface area contributed by atoms with Crippen molar-refractivity contribution in [2.24, 2.45) is 0 Å². The molecule has 3 aliphatic heterocycles. The average Bonchev–Trinajstić information content (AvgIpc) is 3.03. The Labute approximate surface area is 104 Å². The molecule has 0 aromatic heterocycles. The maximum atomic E-state index is 10.8. The van der Waals surface area contributed by atoms with Crippen LogP contribution in [-0.2, 0) is 19.0 Å². The number of hydrogen-bond acceptors (Lipinski definition) is 5. The molecule has 0 radical (unpaired) electrons. The first kappa shape index (κ1) is 11.2. The van der Waals surface area contributed by atoms with Crippen molar-refractivity contribution in [1.82, 2.24) is 0 Å². The summed E-state index contributed by atoms with van der Waals surface area (Å²) in [5.41, 5.74) is -0.507. The number of aliphatic carboxylic acids is 1. The molecule has 1 saturated carbocycles. The second kappa shape index (κ2) is 3.45. The van der Waals surface area contributed by atoms with E-state index >= 15 is 0 Å². The molecule has 100 valence electrons. The standard InChI is InChI=1S/C12H16O6/c13-8(14)3-5-1-2-7-12(18-5)4-6(16-7)9(15)10-11(12)17-10/h5-7,9-11,15H,1-4H2,(H,13,14)/t5?,6-,7?,9-,10?,11-,12?/m0/s1. The molecule has 4 fully saturated rings. The van der Waals surface area contributed by atoms with E-state index in [4.69, 9.17) is 19.3 Å². The zero-order chi connectivity index (χ0) is 12.5. The number of carboxylic acid groups (broad SMARTS) is 1. The van der Waals surface area contributed by atoms with E-state index in [1.54, 1.807) is 0 Å². The van der Waals surface area contributed by atoms with Gasteiger partial charge < -0.3 is 24.4 Å². The third kappa shape index (κ3) is 1.34. The highest BCUT2D eigenvalue weighted by Crippen LogP contribution is 2.56. The van der Waals surface area contributed by atoms with Crippen LogP contribution in [0.15, 0.2) is 0 Å². The summed E-state index contributed by atoms with van der Waals surface area (Å²) in [6.07, 6.45) is 0.725. The number of aliphatic hydroxyl groups excluding tert-OH is 1. The zero-order valence-electron chi connectivity index (χ0n) is 9.82. The first-order valence-electron chi connectivity index (χ1n) is 6.49. The van der Waals surface area contributed by atoms with Gasteiger partial charge in [0.15, 0.2) is 0 Å². The van der Waals surface area contributed by atoms with Crippen LogP contribution in [0.3, 0.4) is 0 Å². The molecular weight excluding hydrogens is 240 g/mol. The van der Waals surface area contributed by atoms with Crippen molar-refractivity contribution in [2.75, 3.05) is 0 Å². The quantitative estimate of drug-likeness (QED) is 0.658. The summed E-state index contributed by atoms with van der Waals surface area (Å²) < 4.78 is 17.4. The van der Waals surface area contributed by atoms with Crippen molar-refractivity contribution < 1.29 is 29.2 Å². The molecular formula is C12H16O6. The van der Waals surface area contributed by atoms with E-state index in [-0.39, 0.29) is 36.9 Å². The van der Waals surface area contributed by atoms with Crippen LogP contribution in [0, 0.1) is 0 Å². The van der Waals surface area contributed by atoms with Crippen molar-refractivity contribution >= 4 is 5.97 Å². The molecule has 18 heavy (non-hydrogen) atoms. The van der Waals surface area contributed by atoms with Crippen LogP contribution in [0.25, 0.3) is 0 Å². The topological polar surface area (TPSA) is 88.5 Å². The van der Waals surface area contributed by atoms with E-state index in [2.05, 4.69) is 0 Å². The van der Waals surface area contributed by atoms with Crippen LogP contribution in [0.2, 0.25) is 0 Å². The van der Waals surface area contributed by atoms with Crippen LogP contribution in [0.1, 0.15) is 25.7 Å². The monoisotopic (exact) mass is 256 g/mol. The summed E-state index contributed by atoms with van der Waals surface area (Å²) in [4.78, 5) is 10.8. The van der Waals surface area contributed by atoms with Crippen LogP contribution < -0.4 is 0 Å². The van der Waals surface area contributed by atoms with Crippen molar-refractivity contribution in [2.45, 2.75) is 67.9 Å². The van der Waals surface area contributed by atoms with Crippen LogP contribution in [-0.4, -0.2) is 58.4 Å². The molecule has 2 N–H and O–H groups in total. The van der Waals surface area contributed by atoms with Crippen molar-refractivity contribution in [3.05, 3.63) is 0 Å². The molecule has 0 aromatic rings. The molecule has 2 bridgehead atoms. The summed E-state index contributed by atoms with van der Waals surface area (Å²) in [6, 6.07) is 0. The number of carbonyl (C=O) groups is 1. The van der Waals surface area contributed by atoms with Crippen LogP contribution in [0.5, 0.6) is 0 Å². The lowest BCUT2D eigenvalue weighted by molar-refractivity contribution is -0.181. The van der Waals surface area contributed by atoms with Gasteiger partial charge in [-0.05, 0) is 12.8 Å². The first-order chi connectivity index (χ1) is 8.60. The maximum absolute atomic E-state index is 10.8. The number of ether oxygens (including phenoxy) is 3. The van der Waals surface area contributed by atoms with Gasteiger partial charge in [0.25, 0.3) is 0 Å². The van der Waals surface area contributed by atoms with Gasteiger partial charge in [-0.15, -0.1) is 0 Å². The average molecular weight is 256 g/mol.